The van der Waals surface area contributed by atoms with Crippen molar-refractivity contribution < 1.29 is 4.74 Å². The molecule has 29 heavy (non-hydrogen) atoms. The quantitative estimate of drug-likeness (QED) is 0.283. The summed E-state index contributed by atoms with van der Waals surface area (Å²) >= 11 is 6.90. The average molecular weight is 519 g/mol. The van der Waals surface area contributed by atoms with Gasteiger partial charge in [0, 0.05) is 20.9 Å². The van der Waals surface area contributed by atoms with Crippen molar-refractivity contribution in [3.63, 3.8) is 0 Å². The lowest BCUT2D eigenvalue weighted by molar-refractivity contribution is 0.362. The van der Waals surface area contributed by atoms with Crippen molar-refractivity contribution >= 4 is 49.0 Å². The van der Waals surface area contributed by atoms with Gasteiger partial charge < -0.3 is 4.74 Å². The van der Waals surface area contributed by atoms with E-state index in [0.717, 1.165) is 27.4 Å². The van der Waals surface area contributed by atoms with Gasteiger partial charge in [0.2, 0.25) is 0 Å². The summed E-state index contributed by atoms with van der Waals surface area (Å²) in [6.07, 6.45) is 5.91. The Labute approximate surface area is 186 Å². The molecule has 0 atom stereocenters. The Hall–Kier alpha value is -2.25. The minimum atomic E-state index is -0.192. The highest BCUT2D eigenvalue weighted by Crippen LogP contribution is 2.22. The number of benzene rings is 2. The van der Waals surface area contributed by atoms with Gasteiger partial charge >= 0.3 is 0 Å². The van der Waals surface area contributed by atoms with Gasteiger partial charge in [-0.05, 0) is 42.8 Å². The second-order valence-corrected chi connectivity index (χ2v) is 8.27. The fraction of sp³-hybridized carbons (Fsp3) is 0.227. The predicted octanol–water partition coefficient (Wildman–Crippen LogP) is 5.71. The first-order chi connectivity index (χ1) is 14.0. The Kier molecular flexibility index (Phi) is 7.39. The van der Waals surface area contributed by atoms with E-state index in [1.54, 1.807) is 18.4 Å². The van der Waals surface area contributed by atoms with Crippen LogP contribution in [0.1, 0.15) is 31.2 Å². The summed E-state index contributed by atoms with van der Waals surface area (Å²) in [5.41, 5.74) is 1.24. The van der Waals surface area contributed by atoms with E-state index in [2.05, 4.69) is 50.5 Å². The van der Waals surface area contributed by atoms with Crippen LogP contribution < -0.4 is 10.3 Å². The van der Waals surface area contributed by atoms with Crippen molar-refractivity contribution in [2.45, 2.75) is 26.2 Å². The molecule has 0 spiro atoms. The van der Waals surface area contributed by atoms with Gasteiger partial charge in [0.1, 0.15) is 18.2 Å². The zero-order chi connectivity index (χ0) is 20.8. The maximum absolute atomic E-state index is 13.1. The normalized spacial score (nSPS) is 11.3. The van der Waals surface area contributed by atoms with Gasteiger partial charge in [-0.15, -0.1) is 0 Å². The zero-order valence-electron chi connectivity index (χ0n) is 16.1. The lowest BCUT2D eigenvalue weighted by Crippen LogP contribution is -2.22. The summed E-state index contributed by atoms with van der Waals surface area (Å²) in [5, 5.41) is 5.02. The first kappa shape index (κ1) is 21.5. The monoisotopic (exact) mass is 517 g/mol. The van der Waals surface area contributed by atoms with Crippen LogP contribution in [0.25, 0.3) is 10.9 Å². The molecule has 1 aromatic heterocycles. The third kappa shape index (κ3) is 5.22. The van der Waals surface area contributed by atoms with Gasteiger partial charge in [-0.2, -0.15) is 9.78 Å². The molecule has 0 aliphatic carbocycles. The van der Waals surface area contributed by atoms with Gasteiger partial charge in [0.05, 0.1) is 17.1 Å². The number of aromatic nitrogens is 2. The van der Waals surface area contributed by atoms with E-state index < -0.39 is 0 Å². The molecule has 0 bridgehead atoms. The Bertz CT molecular complexity index is 1120. The van der Waals surface area contributed by atoms with E-state index in [-0.39, 0.29) is 5.56 Å². The van der Waals surface area contributed by atoms with Crippen LogP contribution in [0.4, 0.5) is 0 Å². The first-order valence-corrected chi connectivity index (χ1v) is 10.9. The van der Waals surface area contributed by atoms with Crippen molar-refractivity contribution in [1.82, 2.24) is 9.66 Å². The van der Waals surface area contributed by atoms with Gasteiger partial charge in [-0.25, -0.2) is 4.98 Å². The van der Waals surface area contributed by atoms with Crippen molar-refractivity contribution in [2.75, 3.05) is 6.61 Å². The van der Waals surface area contributed by atoms with Crippen LogP contribution in [0, 0.1) is 0 Å². The molecule has 3 rings (SSSR count). The molecule has 0 radical (unpaired) electrons. The van der Waals surface area contributed by atoms with Gasteiger partial charge in [0.25, 0.3) is 5.56 Å². The summed E-state index contributed by atoms with van der Waals surface area (Å²) in [5.74, 6) is 1.31. The molecule has 0 fully saturated rings. The maximum atomic E-state index is 13.1. The molecule has 0 saturated heterocycles. The minimum absolute atomic E-state index is 0.192. The molecule has 0 unspecified atom stereocenters. The van der Waals surface area contributed by atoms with Gasteiger partial charge in [-0.3, -0.25) is 4.79 Å². The van der Waals surface area contributed by atoms with Gasteiger partial charge in [0.15, 0.2) is 0 Å². The molecule has 0 saturated carbocycles. The van der Waals surface area contributed by atoms with Crippen LogP contribution in [0.15, 0.2) is 67.9 Å². The van der Waals surface area contributed by atoms with Crippen LogP contribution >= 0.6 is 31.9 Å². The largest absolute Gasteiger partial charge is 0.489 e. The maximum Gasteiger partial charge on any atom is 0.282 e. The number of ether oxygens (including phenoxy) is 1. The number of halogens is 2. The Morgan fingerprint density at radius 1 is 1.21 bits per heavy atom. The number of aryl methyl sites for hydroxylation is 1. The second-order valence-electron chi connectivity index (χ2n) is 6.44. The Morgan fingerprint density at radius 2 is 1.97 bits per heavy atom. The lowest BCUT2D eigenvalue weighted by Gasteiger charge is -2.10. The Balaban J connectivity index is 2.11. The molecular formula is C22H21Br2N3O2. The summed E-state index contributed by atoms with van der Waals surface area (Å²) in [7, 11) is 0. The van der Waals surface area contributed by atoms with Crippen LogP contribution in [0.2, 0.25) is 0 Å². The smallest absolute Gasteiger partial charge is 0.282 e. The van der Waals surface area contributed by atoms with E-state index in [4.69, 9.17) is 9.72 Å². The number of hydrogen-bond acceptors (Lipinski definition) is 4. The van der Waals surface area contributed by atoms with E-state index in [1.807, 2.05) is 30.3 Å². The molecule has 150 valence electrons. The highest BCUT2D eigenvalue weighted by Gasteiger charge is 2.11. The van der Waals surface area contributed by atoms with Crippen molar-refractivity contribution in [3.05, 3.63) is 79.7 Å². The molecule has 0 amide bonds. The minimum Gasteiger partial charge on any atom is -0.489 e. The molecule has 1 heterocycles. The molecule has 3 aromatic rings. The molecule has 5 nitrogen and oxygen atoms in total. The van der Waals surface area contributed by atoms with E-state index >= 15 is 0 Å². The van der Waals surface area contributed by atoms with Crippen LogP contribution in [0.3, 0.4) is 0 Å². The van der Waals surface area contributed by atoms with E-state index in [1.165, 1.54) is 4.68 Å². The van der Waals surface area contributed by atoms with Crippen LogP contribution in [-0.4, -0.2) is 22.5 Å². The van der Waals surface area contributed by atoms with Crippen molar-refractivity contribution in [3.8, 4) is 5.75 Å². The first-order valence-electron chi connectivity index (χ1n) is 9.32. The summed E-state index contributed by atoms with van der Waals surface area (Å²) in [4.78, 5) is 17.8. The number of unbranched alkanes of at least 4 members (excludes halogenated alkanes) is 1. The third-order valence-electron chi connectivity index (χ3n) is 4.27. The van der Waals surface area contributed by atoms with E-state index in [0.29, 0.717) is 35.5 Å². The predicted molar refractivity (Wildman–Crippen MR) is 125 cm³/mol. The fourth-order valence-corrected chi connectivity index (χ4v) is 3.57. The average Bonchev–Trinajstić information content (AvgIpc) is 2.71. The number of nitrogens with zero attached hydrogens (tertiary/aromatic N) is 3. The van der Waals surface area contributed by atoms with Crippen LogP contribution in [0.5, 0.6) is 5.75 Å². The topological polar surface area (TPSA) is 56.5 Å². The SMILES string of the molecule is C=CCOc1ccc(Br)cc1C=Nn1c(CCCC)nc2ccc(Br)cc2c1=O. The second kappa shape index (κ2) is 9.98. The van der Waals surface area contributed by atoms with Crippen molar-refractivity contribution in [1.29, 1.82) is 0 Å². The zero-order valence-corrected chi connectivity index (χ0v) is 19.2. The van der Waals surface area contributed by atoms with Gasteiger partial charge in [-0.1, -0.05) is 57.9 Å². The highest BCUT2D eigenvalue weighted by molar-refractivity contribution is 9.10. The third-order valence-corrected chi connectivity index (χ3v) is 5.26. The molecule has 2 aromatic carbocycles. The Morgan fingerprint density at radius 3 is 2.72 bits per heavy atom. The van der Waals surface area contributed by atoms with Crippen molar-refractivity contribution in [2.24, 2.45) is 5.10 Å². The summed E-state index contributed by atoms with van der Waals surface area (Å²) in [6, 6.07) is 11.1. The fourth-order valence-electron chi connectivity index (χ4n) is 2.83. The molecule has 7 heteroatoms. The van der Waals surface area contributed by atoms with Crippen LogP contribution in [-0.2, 0) is 6.42 Å². The standard InChI is InChI=1S/C22H21Br2N3O2/c1-3-5-6-21-26-19-9-7-17(24)13-18(19)22(28)27(21)25-14-15-12-16(23)8-10-20(15)29-11-4-2/h4,7-10,12-14H,2-3,5-6,11H2,1H3. The molecule has 0 aliphatic rings. The summed E-state index contributed by atoms with van der Waals surface area (Å²) < 4.78 is 8.81. The molecule has 0 N–H and O–H groups in total. The lowest BCUT2D eigenvalue weighted by atomic mass is 10.2. The highest BCUT2D eigenvalue weighted by atomic mass is 79.9. The molecule has 0 aliphatic heterocycles. The number of rotatable bonds is 8. The summed E-state index contributed by atoms with van der Waals surface area (Å²) in [6.45, 7) is 6.17. The van der Waals surface area contributed by atoms with E-state index in [9.17, 15) is 4.79 Å². The number of fused-ring (bicyclic) bond motifs is 1. The number of hydrogen-bond donors (Lipinski definition) is 0. The molecular weight excluding hydrogens is 498 g/mol.